The number of aromatic nitrogens is 1. The van der Waals surface area contributed by atoms with Crippen molar-refractivity contribution in [3.63, 3.8) is 0 Å². The average Bonchev–Trinajstić information content (AvgIpc) is 2.83. The number of anilines is 2. The van der Waals surface area contributed by atoms with Crippen LogP contribution in [0.15, 0.2) is 60.8 Å². The molecule has 9 nitrogen and oxygen atoms in total. The van der Waals surface area contributed by atoms with E-state index in [4.69, 9.17) is 4.74 Å². The second-order valence-electron chi connectivity index (χ2n) is 7.91. The van der Waals surface area contributed by atoms with Gasteiger partial charge in [-0.15, -0.1) is 0 Å². The van der Waals surface area contributed by atoms with E-state index in [1.165, 1.54) is 17.7 Å². The Morgan fingerprint density at radius 3 is 2.33 bits per heavy atom. The minimum absolute atomic E-state index is 0.0655. The number of rotatable bonds is 5. The van der Waals surface area contributed by atoms with Crippen LogP contribution >= 0.6 is 0 Å². The van der Waals surface area contributed by atoms with Crippen molar-refractivity contribution in [2.75, 3.05) is 36.4 Å². The Kier molecular flexibility index (Phi) is 6.39. The van der Waals surface area contributed by atoms with E-state index in [2.05, 4.69) is 15.2 Å². The molecule has 0 atom stereocenters. The van der Waals surface area contributed by atoms with Crippen LogP contribution < -0.4 is 15.0 Å². The lowest BCUT2D eigenvalue weighted by Crippen LogP contribution is -2.50. The number of non-ortho nitro benzene ring substituents is 1. The van der Waals surface area contributed by atoms with Crippen molar-refractivity contribution >= 4 is 23.1 Å². The number of ether oxygens (including phenoxy) is 1. The molecule has 1 aromatic heterocycles. The molecule has 33 heavy (non-hydrogen) atoms. The molecule has 0 spiro atoms. The van der Waals surface area contributed by atoms with E-state index in [0.29, 0.717) is 43.5 Å². The first-order chi connectivity index (χ1) is 15.9. The standard InChI is InChI=1S/C24H25N5O4/c1-17-3-9-22(15-18(17)2)33-23-10-4-19(16-25-23)26-24(30)28-13-11-27(12-14-28)20-5-7-21(8-6-20)29(31)32/h3-10,15-16H,11-14H2,1-2H3,(H,26,30). The van der Waals surface area contributed by atoms with Crippen molar-refractivity contribution in [1.29, 1.82) is 0 Å². The molecule has 170 valence electrons. The summed E-state index contributed by atoms with van der Waals surface area (Å²) < 4.78 is 5.79. The van der Waals surface area contributed by atoms with Crippen LogP contribution in [0.4, 0.5) is 21.9 Å². The summed E-state index contributed by atoms with van der Waals surface area (Å²) in [7, 11) is 0. The predicted octanol–water partition coefficient (Wildman–Crippen LogP) is 4.75. The Bertz CT molecular complexity index is 1140. The van der Waals surface area contributed by atoms with E-state index in [-0.39, 0.29) is 11.7 Å². The van der Waals surface area contributed by atoms with Crippen LogP contribution in [0, 0.1) is 24.0 Å². The zero-order chi connectivity index (χ0) is 23.4. The molecule has 0 unspecified atom stereocenters. The first-order valence-electron chi connectivity index (χ1n) is 10.7. The molecule has 1 fully saturated rings. The molecule has 1 aliphatic heterocycles. The smallest absolute Gasteiger partial charge is 0.322 e. The number of carbonyl (C=O) groups is 1. The summed E-state index contributed by atoms with van der Waals surface area (Å²) in [5.74, 6) is 1.17. The van der Waals surface area contributed by atoms with E-state index in [1.807, 2.05) is 32.0 Å². The van der Waals surface area contributed by atoms with E-state index < -0.39 is 4.92 Å². The highest BCUT2D eigenvalue weighted by molar-refractivity contribution is 5.89. The highest BCUT2D eigenvalue weighted by atomic mass is 16.6. The lowest BCUT2D eigenvalue weighted by molar-refractivity contribution is -0.384. The fourth-order valence-corrected chi connectivity index (χ4v) is 3.57. The number of aryl methyl sites for hydroxylation is 2. The zero-order valence-corrected chi connectivity index (χ0v) is 18.5. The van der Waals surface area contributed by atoms with Gasteiger partial charge in [0.1, 0.15) is 5.75 Å². The number of nitrogens with zero attached hydrogens (tertiary/aromatic N) is 4. The van der Waals surface area contributed by atoms with E-state index in [1.54, 1.807) is 35.4 Å². The number of amides is 2. The minimum atomic E-state index is -0.414. The van der Waals surface area contributed by atoms with Gasteiger partial charge in [-0.1, -0.05) is 6.07 Å². The van der Waals surface area contributed by atoms with Gasteiger partial charge in [-0.05, 0) is 55.3 Å². The van der Waals surface area contributed by atoms with Gasteiger partial charge in [0.2, 0.25) is 5.88 Å². The normalized spacial score (nSPS) is 13.5. The molecule has 1 aliphatic rings. The van der Waals surface area contributed by atoms with Crippen molar-refractivity contribution in [1.82, 2.24) is 9.88 Å². The molecule has 2 amide bonds. The van der Waals surface area contributed by atoms with Crippen molar-refractivity contribution in [3.8, 4) is 11.6 Å². The van der Waals surface area contributed by atoms with Crippen molar-refractivity contribution < 1.29 is 14.5 Å². The summed E-state index contributed by atoms with van der Waals surface area (Å²) in [5, 5.41) is 13.7. The van der Waals surface area contributed by atoms with Crippen LogP contribution in [0.5, 0.6) is 11.6 Å². The quantitative estimate of drug-likeness (QED) is 0.447. The number of hydrogen-bond donors (Lipinski definition) is 1. The lowest BCUT2D eigenvalue weighted by Gasteiger charge is -2.36. The second kappa shape index (κ2) is 9.56. The molecule has 3 aromatic rings. The molecule has 0 aliphatic carbocycles. The Balaban J connectivity index is 1.29. The van der Waals surface area contributed by atoms with E-state index >= 15 is 0 Å². The number of nitro benzene ring substituents is 1. The number of hydrogen-bond acceptors (Lipinski definition) is 6. The number of carbonyl (C=O) groups excluding carboxylic acids is 1. The Hall–Kier alpha value is -4.14. The number of nitrogens with one attached hydrogen (secondary N) is 1. The third-order valence-electron chi connectivity index (χ3n) is 5.68. The number of piperazine rings is 1. The van der Waals surface area contributed by atoms with Gasteiger partial charge in [0.25, 0.3) is 5.69 Å². The molecule has 9 heteroatoms. The maximum absolute atomic E-state index is 12.6. The summed E-state index contributed by atoms with van der Waals surface area (Å²) in [5.41, 5.74) is 3.90. The molecular formula is C24H25N5O4. The summed E-state index contributed by atoms with van der Waals surface area (Å²) in [6.07, 6.45) is 1.57. The molecule has 1 saturated heterocycles. The molecule has 0 bridgehead atoms. The average molecular weight is 447 g/mol. The van der Waals surface area contributed by atoms with Crippen LogP contribution in [0.2, 0.25) is 0 Å². The van der Waals surface area contributed by atoms with Crippen molar-refractivity contribution in [3.05, 3.63) is 82.0 Å². The minimum Gasteiger partial charge on any atom is -0.439 e. The number of nitro groups is 1. The van der Waals surface area contributed by atoms with Gasteiger partial charge in [0.05, 0.1) is 16.8 Å². The first kappa shape index (κ1) is 22.1. The number of pyridine rings is 1. The Labute approximate surface area is 191 Å². The maximum atomic E-state index is 12.6. The molecule has 2 heterocycles. The van der Waals surface area contributed by atoms with Crippen molar-refractivity contribution in [2.24, 2.45) is 0 Å². The molecular weight excluding hydrogens is 422 g/mol. The summed E-state index contributed by atoms with van der Waals surface area (Å²) >= 11 is 0. The number of urea groups is 1. The predicted molar refractivity (Wildman–Crippen MR) is 126 cm³/mol. The van der Waals surface area contributed by atoms with E-state index in [9.17, 15) is 14.9 Å². The van der Waals surface area contributed by atoms with Gasteiger partial charge in [0.15, 0.2) is 0 Å². The van der Waals surface area contributed by atoms with Crippen LogP contribution in [0.3, 0.4) is 0 Å². The van der Waals surface area contributed by atoms with Gasteiger partial charge < -0.3 is 19.9 Å². The molecule has 0 saturated carbocycles. The Morgan fingerprint density at radius 1 is 1.00 bits per heavy atom. The summed E-state index contributed by atoms with van der Waals surface area (Å²) in [6.45, 7) is 6.46. The highest BCUT2D eigenvalue weighted by Gasteiger charge is 2.22. The van der Waals surface area contributed by atoms with Crippen LogP contribution in [0.25, 0.3) is 0 Å². The largest absolute Gasteiger partial charge is 0.439 e. The first-order valence-corrected chi connectivity index (χ1v) is 10.7. The maximum Gasteiger partial charge on any atom is 0.322 e. The van der Waals surface area contributed by atoms with Crippen LogP contribution in [-0.4, -0.2) is 47.0 Å². The molecule has 1 N–H and O–H groups in total. The van der Waals surface area contributed by atoms with Gasteiger partial charge >= 0.3 is 6.03 Å². The fourth-order valence-electron chi connectivity index (χ4n) is 3.57. The number of benzene rings is 2. The SMILES string of the molecule is Cc1ccc(Oc2ccc(NC(=O)N3CCN(c4ccc([N+](=O)[O-])cc4)CC3)cn2)cc1C. The fraction of sp³-hybridized carbons (Fsp3) is 0.250. The molecule has 0 radical (unpaired) electrons. The third-order valence-corrected chi connectivity index (χ3v) is 5.68. The highest BCUT2D eigenvalue weighted by Crippen LogP contribution is 2.24. The van der Waals surface area contributed by atoms with Gasteiger partial charge in [-0.3, -0.25) is 10.1 Å². The van der Waals surface area contributed by atoms with E-state index in [0.717, 1.165) is 11.3 Å². The molecule has 2 aromatic carbocycles. The monoisotopic (exact) mass is 447 g/mol. The summed E-state index contributed by atoms with van der Waals surface area (Å²) in [6, 6.07) is 15.6. The molecule has 4 rings (SSSR count). The van der Waals surface area contributed by atoms with Gasteiger partial charge in [-0.2, -0.15) is 0 Å². The Morgan fingerprint density at radius 2 is 1.73 bits per heavy atom. The third kappa shape index (κ3) is 5.38. The summed E-state index contributed by atoms with van der Waals surface area (Å²) in [4.78, 5) is 31.2. The van der Waals surface area contributed by atoms with Crippen LogP contribution in [0.1, 0.15) is 11.1 Å². The van der Waals surface area contributed by atoms with Crippen LogP contribution in [-0.2, 0) is 0 Å². The second-order valence-corrected chi connectivity index (χ2v) is 7.91. The van der Waals surface area contributed by atoms with Gasteiger partial charge in [0, 0.05) is 50.1 Å². The zero-order valence-electron chi connectivity index (χ0n) is 18.5. The van der Waals surface area contributed by atoms with Gasteiger partial charge in [-0.25, -0.2) is 9.78 Å². The topological polar surface area (TPSA) is 101 Å². The van der Waals surface area contributed by atoms with Crippen molar-refractivity contribution in [2.45, 2.75) is 13.8 Å². The lowest BCUT2D eigenvalue weighted by atomic mass is 10.1.